The highest BCUT2D eigenvalue weighted by Crippen LogP contribution is 2.26. The molecule has 0 aliphatic carbocycles. The van der Waals surface area contributed by atoms with Gasteiger partial charge in [-0.2, -0.15) is 0 Å². The number of nitrogens with zero attached hydrogens (tertiary/aromatic N) is 1. The van der Waals surface area contributed by atoms with Crippen LogP contribution in [0.25, 0.3) is 17.2 Å². The summed E-state index contributed by atoms with van der Waals surface area (Å²) in [5.74, 6) is -0.966. The molecule has 166 valence electrons. The molecule has 0 aliphatic rings. The fraction of sp³-hybridized carbons (Fsp3) is 0.385. The molecule has 0 saturated heterocycles. The van der Waals surface area contributed by atoms with Gasteiger partial charge in [0.2, 0.25) is 0 Å². The molecule has 5 heteroatoms. The number of anilines is 1. The van der Waals surface area contributed by atoms with E-state index in [1.165, 1.54) is 19.3 Å². The highest BCUT2D eigenvalue weighted by molar-refractivity contribution is 5.92. The van der Waals surface area contributed by atoms with Crippen LogP contribution in [0.15, 0.2) is 54.6 Å². The minimum absolute atomic E-state index is 0.0522. The lowest BCUT2D eigenvalue weighted by atomic mass is 10.0. The quantitative estimate of drug-likeness (QED) is 0.309. The van der Waals surface area contributed by atoms with E-state index < -0.39 is 5.97 Å². The van der Waals surface area contributed by atoms with Crippen molar-refractivity contribution in [2.75, 3.05) is 18.0 Å². The lowest BCUT2D eigenvalue weighted by Crippen LogP contribution is -2.41. The molecule has 0 heterocycles. The maximum atomic E-state index is 12.8. The van der Waals surface area contributed by atoms with Crippen LogP contribution in [0.4, 0.5) is 10.5 Å². The van der Waals surface area contributed by atoms with Crippen molar-refractivity contribution in [2.24, 2.45) is 0 Å². The summed E-state index contributed by atoms with van der Waals surface area (Å²) in [6.07, 6.45) is 9.41. The molecule has 0 radical (unpaired) electrons. The number of carbonyl (C=O) groups excluding carboxylic acids is 1. The summed E-state index contributed by atoms with van der Waals surface area (Å²) in [6.45, 7) is 5.62. The first-order valence-electron chi connectivity index (χ1n) is 11.2. The molecule has 2 amide bonds. The van der Waals surface area contributed by atoms with Gasteiger partial charge in [-0.1, -0.05) is 75.9 Å². The maximum absolute atomic E-state index is 12.8. The van der Waals surface area contributed by atoms with Gasteiger partial charge in [-0.3, -0.25) is 4.90 Å². The van der Waals surface area contributed by atoms with Crippen LogP contribution < -0.4 is 10.2 Å². The fourth-order valence-electron chi connectivity index (χ4n) is 3.40. The Kier molecular flexibility index (Phi) is 10.4. The summed E-state index contributed by atoms with van der Waals surface area (Å²) in [7, 11) is 0. The number of carbonyl (C=O) groups is 2. The molecule has 0 saturated carbocycles. The highest BCUT2D eigenvalue weighted by atomic mass is 16.4. The first kappa shape index (κ1) is 24.2. The van der Waals surface area contributed by atoms with E-state index >= 15 is 0 Å². The molecule has 31 heavy (non-hydrogen) atoms. The molecule has 2 aromatic carbocycles. The number of carboxylic acid groups (broad SMARTS) is 1. The smallest absolute Gasteiger partial charge is 0.328 e. The Labute approximate surface area is 185 Å². The number of hydrogen-bond donors (Lipinski definition) is 2. The fourth-order valence-corrected chi connectivity index (χ4v) is 3.40. The number of unbranched alkanes of at least 4 members (excludes halogenated alkanes) is 4. The van der Waals surface area contributed by atoms with Crippen molar-refractivity contribution >= 4 is 23.8 Å². The molecule has 2 rings (SSSR count). The van der Waals surface area contributed by atoms with Crippen molar-refractivity contribution in [3.05, 3.63) is 60.2 Å². The highest BCUT2D eigenvalue weighted by Gasteiger charge is 2.15. The van der Waals surface area contributed by atoms with Crippen LogP contribution in [0, 0.1) is 0 Å². The van der Waals surface area contributed by atoms with E-state index in [9.17, 15) is 9.59 Å². The molecule has 2 aromatic rings. The van der Waals surface area contributed by atoms with E-state index in [0.717, 1.165) is 47.7 Å². The minimum Gasteiger partial charge on any atom is -0.478 e. The van der Waals surface area contributed by atoms with Gasteiger partial charge in [-0.15, -0.1) is 0 Å². The van der Waals surface area contributed by atoms with Gasteiger partial charge < -0.3 is 10.4 Å². The number of rotatable bonds is 12. The molecular formula is C26H34N2O3. The number of hydrogen-bond acceptors (Lipinski definition) is 2. The van der Waals surface area contributed by atoms with Gasteiger partial charge in [0.05, 0.1) is 0 Å². The maximum Gasteiger partial charge on any atom is 0.328 e. The average Bonchev–Trinajstić information content (AvgIpc) is 2.78. The number of aliphatic carboxylic acids is 1. The third-order valence-corrected chi connectivity index (χ3v) is 5.07. The van der Waals surface area contributed by atoms with Gasteiger partial charge in [-0.05, 0) is 47.7 Å². The van der Waals surface area contributed by atoms with Gasteiger partial charge in [0.25, 0.3) is 0 Å². The van der Waals surface area contributed by atoms with Crippen LogP contribution >= 0.6 is 0 Å². The van der Waals surface area contributed by atoms with Gasteiger partial charge in [0.1, 0.15) is 0 Å². The molecule has 0 unspecified atom stereocenters. The third kappa shape index (κ3) is 8.28. The minimum atomic E-state index is -0.966. The number of amides is 2. The standard InChI is InChI=1S/C26H34N2O3/c1-3-5-6-7-8-18-27-26(31)28(19-4-2)24-11-9-10-23(20-24)22-15-12-21(13-16-22)14-17-25(29)30/h9-17,20H,3-8,18-19H2,1-2H3,(H,27,31)(H,29,30)/b17-14+. The van der Waals surface area contributed by atoms with Gasteiger partial charge in [0, 0.05) is 24.9 Å². The zero-order valence-electron chi connectivity index (χ0n) is 18.6. The first-order chi connectivity index (χ1) is 15.0. The Morgan fingerprint density at radius 1 is 0.935 bits per heavy atom. The van der Waals surface area contributed by atoms with Crippen molar-refractivity contribution in [3.8, 4) is 11.1 Å². The van der Waals surface area contributed by atoms with Crippen molar-refractivity contribution in [3.63, 3.8) is 0 Å². The van der Waals surface area contributed by atoms with Crippen LogP contribution in [0.2, 0.25) is 0 Å². The third-order valence-electron chi connectivity index (χ3n) is 5.07. The predicted molar refractivity (Wildman–Crippen MR) is 128 cm³/mol. The van der Waals surface area contributed by atoms with E-state index in [4.69, 9.17) is 5.11 Å². The molecule has 0 spiro atoms. The van der Waals surface area contributed by atoms with Crippen molar-refractivity contribution in [2.45, 2.75) is 52.4 Å². The largest absolute Gasteiger partial charge is 0.478 e. The van der Waals surface area contributed by atoms with Crippen molar-refractivity contribution < 1.29 is 14.7 Å². The molecule has 0 aliphatic heterocycles. The number of carboxylic acids is 1. The zero-order valence-corrected chi connectivity index (χ0v) is 18.6. The number of urea groups is 1. The Hall–Kier alpha value is -3.08. The molecule has 0 bridgehead atoms. The van der Waals surface area contributed by atoms with E-state index in [1.807, 2.05) is 48.5 Å². The van der Waals surface area contributed by atoms with Gasteiger partial charge in [-0.25, -0.2) is 9.59 Å². The molecular weight excluding hydrogens is 388 g/mol. The summed E-state index contributed by atoms with van der Waals surface area (Å²) in [6, 6.07) is 15.6. The van der Waals surface area contributed by atoms with E-state index in [2.05, 4.69) is 19.2 Å². The van der Waals surface area contributed by atoms with E-state index in [0.29, 0.717) is 13.1 Å². The monoisotopic (exact) mass is 422 g/mol. The summed E-state index contributed by atoms with van der Waals surface area (Å²) >= 11 is 0. The van der Waals surface area contributed by atoms with E-state index in [1.54, 1.807) is 11.0 Å². The van der Waals surface area contributed by atoms with Crippen molar-refractivity contribution in [1.82, 2.24) is 5.32 Å². The first-order valence-corrected chi connectivity index (χ1v) is 11.2. The van der Waals surface area contributed by atoms with Crippen LogP contribution in [0.5, 0.6) is 0 Å². The molecule has 5 nitrogen and oxygen atoms in total. The predicted octanol–water partition coefficient (Wildman–Crippen LogP) is 6.35. The molecule has 0 fully saturated rings. The summed E-state index contributed by atoms with van der Waals surface area (Å²) in [5, 5.41) is 11.8. The second-order valence-corrected chi connectivity index (χ2v) is 7.64. The molecule has 0 aromatic heterocycles. The summed E-state index contributed by atoms with van der Waals surface area (Å²) in [4.78, 5) is 25.3. The number of benzene rings is 2. The molecule has 0 atom stereocenters. The topological polar surface area (TPSA) is 69.6 Å². The number of nitrogens with one attached hydrogen (secondary N) is 1. The van der Waals surface area contributed by atoms with Gasteiger partial charge >= 0.3 is 12.0 Å². The summed E-state index contributed by atoms with van der Waals surface area (Å²) in [5.41, 5.74) is 3.73. The zero-order chi connectivity index (χ0) is 22.5. The van der Waals surface area contributed by atoms with Crippen LogP contribution in [-0.2, 0) is 4.79 Å². The Morgan fingerprint density at radius 3 is 2.35 bits per heavy atom. The second-order valence-electron chi connectivity index (χ2n) is 7.64. The second kappa shape index (κ2) is 13.3. The Bertz CT molecular complexity index is 859. The lowest BCUT2D eigenvalue weighted by molar-refractivity contribution is -0.131. The van der Waals surface area contributed by atoms with Crippen LogP contribution in [0.3, 0.4) is 0 Å². The van der Waals surface area contributed by atoms with Crippen LogP contribution in [0.1, 0.15) is 57.9 Å². The SMILES string of the molecule is CCCCCCCNC(=O)N(CCC)c1cccc(-c2ccc(/C=C/C(=O)O)cc2)c1. The lowest BCUT2D eigenvalue weighted by Gasteiger charge is -2.23. The Balaban J connectivity index is 2.07. The van der Waals surface area contributed by atoms with E-state index in [-0.39, 0.29) is 6.03 Å². The van der Waals surface area contributed by atoms with Crippen LogP contribution in [-0.4, -0.2) is 30.2 Å². The summed E-state index contributed by atoms with van der Waals surface area (Å²) < 4.78 is 0. The normalized spacial score (nSPS) is 10.9. The van der Waals surface area contributed by atoms with Crippen molar-refractivity contribution in [1.29, 1.82) is 0 Å². The Morgan fingerprint density at radius 2 is 1.68 bits per heavy atom. The van der Waals surface area contributed by atoms with Gasteiger partial charge in [0.15, 0.2) is 0 Å². The molecule has 2 N–H and O–H groups in total. The average molecular weight is 423 g/mol.